The third-order valence-electron chi connectivity index (χ3n) is 3.41. The number of rotatable bonds is 3. The molecule has 1 fully saturated rings. The molecular formula is C15H22Br2N2O2S. The molecule has 1 saturated heterocycles. The van der Waals surface area contributed by atoms with Gasteiger partial charge in [0, 0.05) is 35.0 Å². The predicted molar refractivity (Wildman–Crippen MR) is 97.4 cm³/mol. The van der Waals surface area contributed by atoms with Gasteiger partial charge in [-0.3, -0.25) is 0 Å². The molecule has 4 nitrogen and oxygen atoms in total. The molecule has 124 valence electrons. The van der Waals surface area contributed by atoms with E-state index in [0.29, 0.717) is 6.04 Å². The Balaban J connectivity index is 1.74. The molecule has 0 saturated carbocycles. The first-order valence-electron chi connectivity index (χ1n) is 7.39. The lowest BCUT2D eigenvalue weighted by atomic mass is 10.1. The van der Waals surface area contributed by atoms with E-state index in [1.54, 1.807) is 11.3 Å². The van der Waals surface area contributed by atoms with Crippen molar-refractivity contribution < 1.29 is 9.53 Å². The number of halogens is 2. The van der Waals surface area contributed by atoms with E-state index in [1.165, 1.54) is 4.88 Å². The van der Waals surface area contributed by atoms with Crippen LogP contribution in [0, 0.1) is 0 Å². The van der Waals surface area contributed by atoms with Gasteiger partial charge in [-0.1, -0.05) is 0 Å². The standard InChI is InChI=1S/C15H22Br2N2O2S/c1-15(2,3)21-14(20)19-6-4-10(5-7-19)18-9-11-8-12(16)13(17)22-11/h8,10,18H,4-7,9H2,1-3H3. The number of hydrogen-bond donors (Lipinski definition) is 1. The molecule has 2 rings (SSSR count). The zero-order chi connectivity index (χ0) is 16.3. The Morgan fingerprint density at radius 3 is 2.55 bits per heavy atom. The van der Waals surface area contributed by atoms with Gasteiger partial charge in [-0.2, -0.15) is 0 Å². The molecule has 7 heteroatoms. The molecular weight excluding hydrogens is 432 g/mol. The van der Waals surface area contributed by atoms with Gasteiger partial charge in [-0.05, 0) is 71.5 Å². The van der Waals surface area contributed by atoms with Gasteiger partial charge in [-0.25, -0.2) is 4.79 Å². The number of nitrogens with zero attached hydrogens (tertiary/aromatic N) is 1. The molecule has 0 atom stereocenters. The van der Waals surface area contributed by atoms with Crippen molar-refractivity contribution in [3.8, 4) is 0 Å². The number of ether oxygens (including phenoxy) is 1. The van der Waals surface area contributed by atoms with E-state index in [1.807, 2.05) is 25.7 Å². The van der Waals surface area contributed by atoms with Crippen LogP contribution >= 0.6 is 43.2 Å². The highest BCUT2D eigenvalue weighted by Gasteiger charge is 2.26. The summed E-state index contributed by atoms with van der Waals surface area (Å²) in [5, 5.41) is 3.58. The molecule has 0 unspecified atom stereocenters. The number of hydrogen-bond acceptors (Lipinski definition) is 4. The zero-order valence-electron chi connectivity index (χ0n) is 13.1. The van der Waals surface area contributed by atoms with E-state index in [9.17, 15) is 4.79 Å². The topological polar surface area (TPSA) is 41.6 Å². The minimum Gasteiger partial charge on any atom is -0.444 e. The number of amides is 1. The minimum absolute atomic E-state index is 0.197. The summed E-state index contributed by atoms with van der Waals surface area (Å²) in [7, 11) is 0. The normalized spacial score (nSPS) is 16.9. The van der Waals surface area contributed by atoms with E-state index in [4.69, 9.17) is 4.74 Å². The van der Waals surface area contributed by atoms with Gasteiger partial charge in [0.15, 0.2) is 0 Å². The van der Waals surface area contributed by atoms with E-state index >= 15 is 0 Å². The van der Waals surface area contributed by atoms with E-state index in [0.717, 1.165) is 40.7 Å². The van der Waals surface area contributed by atoms with Gasteiger partial charge < -0.3 is 15.0 Å². The molecule has 0 bridgehead atoms. The smallest absolute Gasteiger partial charge is 0.410 e. The fourth-order valence-corrected chi connectivity index (χ4v) is 4.44. The molecule has 2 heterocycles. The largest absolute Gasteiger partial charge is 0.444 e. The van der Waals surface area contributed by atoms with Crippen LogP contribution in [0.3, 0.4) is 0 Å². The molecule has 1 aliphatic heterocycles. The van der Waals surface area contributed by atoms with Crippen LogP contribution in [0.15, 0.2) is 14.3 Å². The van der Waals surface area contributed by atoms with E-state index < -0.39 is 5.60 Å². The second-order valence-corrected chi connectivity index (χ2v) is 9.77. The van der Waals surface area contributed by atoms with Crippen molar-refractivity contribution in [1.29, 1.82) is 0 Å². The molecule has 0 radical (unpaired) electrons. The number of carbonyl (C=O) groups is 1. The maximum absolute atomic E-state index is 12.0. The monoisotopic (exact) mass is 452 g/mol. The van der Waals surface area contributed by atoms with Crippen LogP contribution in [-0.4, -0.2) is 35.7 Å². The average molecular weight is 454 g/mol. The number of nitrogens with one attached hydrogen (secondary N) is 1. The first kappa shape index (κ1) is 18.2. The summed E-state index contributed by atoms with van der Waals surface area (Å²) in [6, 6.07) is 2.59. The minimum atomic E-state index is -0.424. The molecule has 1 amide bonds. The highest BCUT2D eigenvalue weighted by molar-refractivity contribution is 9.13. The Morgan fingerprint density at radius 1 is 1.41 bits per heavy atom. The summed E-state index contributed by atoms with van der Waals surface area (Å²) in [4.78, 5) is 15.1. The lowest BCUT2D eigenvalue weighted by Crippen LogP contribution is -2.46. The number of likely N-dealkylation sites (tertiary alicyclic amines) is 1. The Bertz CT molecular complexity index is 501. The summed E-state index contributed by atoms with van der Waals surface area (Å²) in [6.45, 7) is 8.07. The average Bonchev–Trinajstić information content (AvgIpc) is 2.74. The molecule has 0 spiro atoms. The van der Waals surface area contributed by atoms with Gasteiger partial charge in [0.1, 0.15) is 5.60 Å². The predicted octanol–water partition coefficient (Wildman–Crippen LogP) is 4.76. The van der Waals surface area contributed by atoms with Crippen molar-refractivity contribution in [2.75, 3.05) is 13.1 Å². The molecule has 0 aliphatic carbocycles. The first-order valence-corrected chi connectivity index (χ1v) is 9.80. The van der Waals surface area contributed by atoms with Crippen LogP contribution in [0.1, 0.15) is 38.5 Å². The van der Waals surface area contributed by atoms with Gasteiger partial charge in [0.05, 0.1) is 3.79 Å². The lowest BCUT2D eigenvalue weighted by Gasteiger charge is -2.33. The highest BCUT2D eigenvalue weighted by atomic mass is 79.9. The van der Waals surface area contributed by atoms with Crippen LogP contribution in [0.4, 0.5) is 4.79 Å². The van der Waals surface area contributed by atoms with Crippen LogP contribution in [0.25, 0.3) is 0 Å². The third kappa shape index (κ3) is 5.51. The van der Waals surface area contributed by atoms with Crippen molar-refractivity contribution >= 4 is 49.3 Å². The Labute approximate surface area is 152 Å². The van der Waals surface area contributed by atoms with Crippen LogP contribution in [-0.2, 0) is 11.3 Å². The molecule has 22 heavy (non-hydrogen) atoms. The molecule has 1 aromatic heterocycles. The van der Waals surface area contributed by atoms with Gasteiger partial charge >= 0.3 is 6.09 Å². The fourth-order valence-electron chi connectivity index (χ4n) is 2.32. The van der Waals surface area contributed by atoms with E-state index in [-0.39, 0.29) is 6.09 Å². The van der Waals surface area contributed by atoms with Crippen molar-refractivity contribution in [2.24, 2.45) is 0 Å². The zero-order valence-corrected chi connectivity index (χ0v) is 17.1. The van der Waals surface area contributed by atoms with Gasteiger partial charge in [0.2, 0.25) is 0 Å². The van der Waals surface area contributed by atoms with Crippen LogP contribution < -0.4 is 5.32 Å². The fraction of sp³-hybridized carbons (Fsp3) is 0.667. The summed E-state index contributed by atoms with van der Waals surface area (Å²) >= 11 is 8.76. The summed E-state index contributed by atoms with van der Waals surface area (Å²) < 4.78 is 7.65. The molecule has 1 N–H and O–H groups in total. The molecule has 0 aromatic carbocycles. The van der Waals surface area contributed by atoms with Crippen molar-refractivity contribution in [2.45, 2.75) is 51.8 Å². The first-order chi connectivity index (χ1) is 10.2. The van der Waals surface area contributed by atoms with E-state index in [2.05, 4.69) is 43.2 Å². The van der Waals surface area contributed by atoms with Gasteiger partial charge in [-0.15, -0.1) is 11.3 Å². The summed E-state index contributed by atoms with van der Waals surface area (Å²) in [6.07, 6.45) is 1.73. The maximum Gasteiger partial charge on any atom is 0.410 e. The Hall–Kier alpha value is -0.110. The Morgan fingerprint density at radius 2 is 2.05 bits per heavy atom. The van der Waals surface area contributed by atoms with Gasteiger partial charge in [0.25, 0.3) is 0 Å². The van der Waals surface area contributed by atoms with Crippen molar-refractivity contribution in [3.05, 3.63) is 19.2 Å². The van der Waals surface area contributed by atoms with Crippen LogP contribution in [0.2, 0.25) is 0 Å². The van der Waals surface area contributed by atoms with Crippen molar-refractivity contribution in [1.82, 2.24) is 10.2 Å². The number of carbonyl (C=O) groups excluding carboxylic acids is 1. The number of thiophene rings is 1. The van der Waals surface area contributed by atoms with Crippen molar-refractivity contribution in [3.63, 3.8) is 0 Å². The maximum atomic E-state index is 12.0. The summed E-state index contributed by atoms with van der Waals surface area (Å²) in [5.41, 5.74) is -0.424. The summed E-state index contributed by atoms with van der Waals surface area (Å²) in [5.74, 6) is 0. The molecule has 1 aromatic rings. The third-order valence-corrected chi connectivity index (χ3v) is 6.66. The second kappa shape index (κ2) is 7.64. The SMILES string of the molecule is CC(C)(C)OC(=O)N1CCC(NCc2cc(Br)c(Br)s2)CC1. The second-order valence-electron chi connectivity index (χ2n) is 6.46. The quantitative estimate of drug-likeness (QED) is 0.716. The lowest BCUT2D eigenvalue weighted by molar-refractivity contribution is 0.0198. The number of piperidine rings is 1. The highest BCUT2D eigenvalue weighted by Crippen LogP contribution is 2.32. The Kier molecular flexibility index (Phi) is 6.33. The van der Waals surface area contributed by atoms with Crippen LogP contribution in [0.5, 0.6) is 0 Å². The molecule has 1 aliphatic rings.